The minimum absolute atomic E-state index is 0.551. The number of hydrogen-bond donors (Lipinski definition) is 0. The molecule has 0 aliphatic heterocycles. The van der Waals surface area contributed by atoms with Gasteiger partial charge in [-0.15, -0.1) is 0 Å². The van der Waals surface area contributed by atoms with Gasteiger partial charge in [0, 0.05) is 0 Å². The van der Waals surface area contributed by atoms with Gasteiger partial charge < -0.3 is 0 Å². The quantitative estimate of drug-likeness (QED) is 0.607. The van der Waals surface area contributed by atoms with E-state index in [0.717, 1.165) is 7.16 Å². The molecule has 21 heavy (non-hydrogen) atoms. The SMILES string of the molecule is Fc1ccc[c]([Sn]([c]2ccccc2)[c]2ccccc2)c1F. The third-order valence-corrected chi connectivity index (χ3v) is 11.2. The molecule has 0 fully saturated rings. The summed E-state index contributed by atoms with van der Waals surface area (Å²) in [5, 5.41) is 0. The van der Waals surface area contributed by atoms with Crippen molar-refractivity contribution < 1.29 is 8.78 Å². The van der Waals surface area contributed by atoms with Gasteiger partial charge in [0.25, 0.3) is 0 Å². The van der Waals surface area contributed by atoms with E-state index in [1.807, 2.05) is 60.7 Å². The molecule has 3 aromatic rings. The summed E-state index contributed by atoms with van der Waals surface area (Å²) in [7, 11) is 0. The zero-order valence-corrected chi connectivity index (χ0v) is 14.1. The van der Waals surface area contributed by atoms with E-state index in [2.05, 4.69) is 0 Å². The van der Waals surface area contributed by atoms with Crippen LogP contribution < -0.4 is 10.7 Å². The Balaban J connectivity index is 2.20. The van der Waals surface area contributed by atoms with E-state index in [-0.39, 0.29) is 0 Å². The van der Waals surface area contributed by atoms with Crippen molar-refractivity contribution in [2.45, 2.75) is 0 Å². The third kappa shape index (κ3) is 3.00. The van der Waals surface area contributed by atoms with Crippen molar-refractivity contribution in [3.8, 4) is 0 Å². The molecule has 0 spiro atoms. The maximum absolute atomic E-state index is 14.3. The Morgan fingerprint density at radius 3 is 1.62 bits per heavy atom. The minimum atomic E-state index is -2.69. The summed E-state index contributed by atoms with van der Waals surface area (Å²) in [6, 6.07) is 24.3. The van der Waals surface area contributed by atoms with E-state index in [1.165, 1.54) is 6.07 Å². The second-order valence-electron chi connectivity index (χ2n) is 4.71. The number of benzene rings is 3. The molecule has 0 aliphatic rings. The van der Waals surface area contributed by atoms with Gasteiger partial charge in [-0.2, -0.15) is 0 Å². The molecule has 0 bridgehead atoms. The molecular formula is C18H13F2Sn. The molecule has 0 unspecified atom stereocenters. The normalized spacial score (nSPS) is 10.8. The van der Waals surface area contributed by atoms with Gasteiger partial charge in [-0.25, -0.2) is 0 Å². The number of hydrogen-bond acceptors (Lipinski definition) is 0. The van der Waals surface area contributed by atoms with Crippen molar-refractivity contribution in [3.63, 3.8) is 0 Å². The van der Waals surface area contributed by atoms with Gasteiger partial charge in [-0.1, -0.05) is 0 Å². The van der Waals surface area contributed by atoms with E-state index in [1.54, 1.807) is 12.1 Å². The molecule has 0 N–H and O–H groups in total. The Kier molecular flexibility index (Phi) is 4.34. The van der Waals surface area contributed by atoms with E-state index >= 15 is 0 Å². The van der Waals surface area contributed by atoms with Crippen LogP contribution in [0.5, 0.6) is 0 Å². The first-order valence-corrected chi connectivity index (χ1v) is 11.0. The molecule has 3 heteroatoms. The number of halogens is 2. The van der Waals surface area contributed by atoms with Crippen LogP contribution in [0.4, 0.5) is 8.78 Å². The molecule has 0 aromatic heterocycles. The molecule has 0 saturated carbocycles. The zero-order chi connectivity index (χ0) is 14.7. The van der Waals surface area contributed by atoms with Crippen molar-refractivity contribution in [3.05, 3.63) is 90.5 Å². The fourth-order valence-corrected chi connectivity index (χ4v) is 9.83. The van der Waals surface area contributed by atoms with Crippen molar-refractivity contribution in [2.24, 2.45) is 0 Å². The van der Waals surface area contributed by atoms with Crippen LogP contribution in [0.2, 0.25) is 0 Å². The van der Waals surface area contributed by atoms with Crippen LogP contribution in [0, 0.1) is 11.6 Å². The Bertz CT molecular complexity index is 687. The van der Waals surface area contributed by atoms with Crippen molar-refractivity contribution in [1.82, 2.24) is 0 Å². The second kappa shape index (κ2) is 6.39. The van der Waals surface area contributed by atoms with Crippen molar-refractivity contribution >= 4 is 30.5 Å². The van der Waals surface area contributed by atoms with Crippen LogP contribution in [0.3, 0.4) is 0 Å². The standard InChI is InChI=1S/C6H3F2.2C6H5.Sn/c7-5-3-1-2-4-6(5)8;2*1-2-4-6-5-3-1;/h1-3H;2*1-5H;. The molecule has 0 saturated heterocycles. The van der Waals surface area contributed by atoms with Gasteiger partial charge in [0.2, 0.25) is 0 Å². The summed E-state index contributed by atoms with van der Waals surface area (Å²) < 4.78 is 30.7. The summed E-state index contributed by atoms with van der Waals surface area (Å²) in [6.45, 7) is 0. The molecule has 3 aromatic carbocycles. The van der Waals surface area contributed by atoms with Gasteiger partial charge in [0.05, 0.1) is 0 Å². The Labute approximate surface area is 129 Å². The van der Waals surface area contributed by atoms with Crippen LogP contribution in [-0.2, 0) is 0 Å². The van der Waals surface area contributed by atoms with E-state index in [4.69, 9.17) is 0 Å². The average Bonchev–Trinajstić information content (AvgIpc) is 2.54. The molecule has 0 amide bonds. The summed E-state index contributed by atoms with van der Waals surface area (Å²) in [6.07, 6.45) is 0. The van der Waals surface area contributed by atoms with E-state index in [9.17, 15) is 8.78 Å². The molecule has 1 radical (unpaired) electrons. The van der Waals surface area contributed by atoms with Crippen molar-refractivity contribution in [1.29, 1.82) is 0 Å². The zero-order valence-electron chi connectivity index (χ0n) is 11.3. The van der Waals surface area contributed by atoms with Gasteiger partial charge in [-0.05, 0) is 0 Å². The molecule has 0 nitrogen and oxygen atoms in total. The van der Waals surface area contributed by atoms with Crippen LogP contribution >= 0.6 is 0 Å². The van der Waals surface area contributed by atoms with Gasteiger partial charge in [-0.3, -0.25) is 0 Å². The van der Waals surface area contributed by atoms with E-state index in [0.29, 0.717) is 3.58 Å². The second-order valence-corrected chi connectivity index (χ2v) is 11.7. The third-order valence-electron chi connectivity index (χ3n) is 3.35. The van der Waals surface area contributed by atoms with E-state index < -0.39 is 31.4 Å². The first-order chi connectivity index (χ1) is 10.3. The topological polar surface area (TPSA) is 0 Å². The molecule has 0 heterocycles. The fraction of sp³-hybridized carbons (Fsp3) is 0. The van der Waals surface area contributed by atoms with Gasteiger partial charge >= 0.3 is 130 Å². The summed E-state index contributed by atoms with van der Waals surface area (Å²) in [4.78, 5) is 0. The Morgan fingerprint density at radius 2 is 1.10 bits per heavy atom. The first-order valence-electron chi connectivity index (χ1n) is 6.69. The molecular weight excluding hydrogens is 373 g/mol. The molecule has 103 valence electrons. The van der Waals surface area contributed by atoms with Crippen LogP contribution in [0.15, 0.2) is 78.9 Å². The molecule has 0 aliphatic carbocycles. The monoisotopic (exact) mass is 387 g/mol. The summed E-state index contributed by atoms with van der Waals surface area (Å²) in [5.74, 6) is -1.46. The predicted octanol–water partition coefficient (Wildman–Crippen LogP) is 2.48. The Hall–Kier alpha value is -1.68. The molecule has 0 atom stereocenters. The fourth-order valence-electron chi connectivity index (χ4n) is 2.38. The van der Waals surface area contributed by atoms with Crippen molar-refractivity contribution in [2.75, 3.05) is 0 Å². The summed E-state index contributed by atoms with van der Waals surface area (Å²) >= 11 is -2.69. The molecule has 3 rings (SSSR count). The first kappa shape index (κ1) is 14.3. The van der Waals surface area contributed by atoms with Crippen LogP contribution in [-0.4, -0.2) is 19.8 Å². The van der Waals surface area contributed by atoms with Crippen LogP contribution in [0.25, 0.3) is 0 Å². The van der Waals surface area contributed by atoms with Crippen LogP contribution in [0.1, 0.15) is 0 Å². The maximum atomic E-state index is 14.3. The summed E-state index contributed by atoms with van der Waals surface area (Å²) in [5.41, 5.74) is 0. The number of rotatable bonds is 3. The Morgan fingerprint density at radius 1 is 0.571 bits per heavy atom. The predicted molar refractivity (Wildman–Crippen MR) is 83.9 cm³/mol. The van der Waals surface area contributed by atoms with Gasteiger partial charge in [0.15, 0.2) is 0 Å². The average molecular weight is 386 g/mol. The van der Waals surface area contributed by atoms with Gasteiger partial charge in [0.1, 0.15) is 0 Å².